The fourth-order valence-corrected chi connectivity index (χ4v) is 4.50. The molecule has 0 aromatic heterocycles. The van der Waals surface area contributed by atoms with Gasteiger partial charge < -0.3 is 10.1 Å². The van der Waals surface area contributed by atoms with Crippen molar-refractivity contribution in [2.75, 3.05) is 16.6 Å². The Morgan fingerprint density at radius 1 is 1.00 bits per heavy atom. The largest absolute Gasteiger partial charge is 0.484 e. The van der Waals surface area contributed by atoms with E-state index < -0.39 is 10.0 Å². The highest BCUT2D eigenvalue weighted by molar-refractivity contribution is 7.92. The minimum absolute atomic E-state index is 0.0341. The molecule has 0 aliphatic rings. The molecule has 0 saturated carbocycles. The maximum absolute atomic E-state index is 12.6. The van der Waals surface area contributed by atoms with Crippen LogP contribution in [0.3, 0.4) is 0 Å². The predicted molar refractivity (Wildman–Crippen MR) is 133 cm³/mol. The van der Waals surface area contributed by atoms with Crippen molar-refractivity contribution in [2.24, 2.45) is 0 Å². The van der Waals surface area contributed by atoms with Gasteiger partial charge in [0, 0.05) is 5.69 Å². The van der Waals surface area contributed by atoms with E-state index in [1.165, 1.54) is 42.5 Å². The maximum Gasteiger partial charge on any atom is 0.262 e. The van der Waals surface area contributed by atoms with Crippen LogP contribution in [-0.2, 0) is 14.8 Å². The van der Waals surface area contributed by atoms with Gasteiger partial charge >= 0.3 is 0 Å². The number of carbonyl (C=O) groups is 1. The number of ether oxygens (including phenoxy) is 1. The van der Waals surface area contributed by atoms with Crippen molar-refractivity contribution < 1.29 is 17.9 Å². The van der Waals surface area contributed by atoms with E-state index in [4.69, 9.17) is 27.9 Å². The zero-order chi connectivity index (χ0) is 24.2. The third-order valence-electron chi connectivity index (χ3n) is 4.87. The first-order valence-corrected chi connectivity index (χ1v) is 12.4. The summed E-state index contributed by atoms with van der Waals surface area (Å²) in [7, 11) is -3.84. The van der Waals surface area contributed by atoms with E-state index in [-0.39, 0.29) is 28.4 Å². The first-order chi connectivity index (χ1) is 15.6. The number of sulfonamides is 1. The van der Waals surface area contributed by atoms with Crippen LogP contribution in [-0.4, -0.2) is 20.9 Å². The number of halogens is 2. The van der Waals surface area contributed by atoms with Gasteiger partial charge in [-0.2, -0.15) is 0 Å². The molecule has 0 bridgehead atoms. The van der Waals surface area contributed by atoms with Crippen LogP contribution in [0.5, 0.6) is 5.75 Å². The third kappa shape index (κ3) is 6.41. The van der Waals surface area contributed by atoms with Crippen LogP contribution in [0.25, 0.3) is 0 Å². The highest BCUT2D eigenvalue weighted by atomic mass is 35.5. The summed E-state index contributed by atoms with van der Waals surface area (Å²) in [5, 5.41) is 3.48. The Morgan fingerprint density at radius 2 is 1.70 bits per heavy atom. The fraction of sp³-hybridized carbons (Fsp3) is 0.208. The van der Waals surface area contributed by atoms with Gasteiger partial charge in [-0.25, -0.2) is 8.42 Å². The van der Waals surface area contributed by atoms with E-state index in [2.05, 4.69) is 23.9 Å². The number of para-hydroxylation sites is 1. The highest BCUT2D eigenvalue weighted by Crippen LogP contribution is 2.28. The molecule has 0 atom stereocenters. The van der Waals surface area contributed by atoms with Crippen LogP contribution in [0.4, 0.5) is 11.4 Å². The molecule has 0 radical (unpaired) electrons. The van der Waals surface area contributed by atoms with Gasteiger partial charge in [-0.05, 0) is 66.4 Å². The maximum atomic E-state index is 12.6. The molecule has 0 saturated heterocycles. The first-order valence-electron chi connectivity index (χ1n) is 10.2. The van der Waals surface area contributed by atoms with Crippen molar-refractivity contribution >= 4 is 50.5 Å². The molecule has 3 rings (SSSR count). The molecule has 0 aliphatic heterocycles. The monoisotopic (exact) mass is 506 g/mol. The molecule has 0 unspecified atom stereocenters. The summed E-state index contributed by atoms with van der Waals surface area (Å²) in [6.45, 7) is 5.85. The van der Waals surface area contributed by atoms with Crippen molar-refractivity contribution in [1.82, 2.24) is 0 Å². The molecule has 9 heteroatoms. The molecule has 0 spiro atoms. The molecule has 3 aromatic rings. The molecule has 0 aliphatic carbocycles. The Hall–Kier alpha value is -2.74. The Kier molecular flexibility index (Phi) is 7.89. The predicted octanol–water partition coefficient (Wildman–Crippen LogP) is 6.24. The lowest BCUT2D eigenvalue weighted by atomic mass is 9.98. The summed E-state index contributed by atoms with van der Waals surface area (Å²) < 4.78 is 33.2. The van der Waals surface area contributed by atoms with Crippen molar-refractivity contribution in [3.05, 3.63) is 81.8 Å². The number of hydrogen-bond acceptors (Lipinski definition) is 4. The fourth-order valence-electron chi connectivity index (χ4n) is 3.16. The average molecular weight is 507 g/mol. The normalized spacial score (nSPS) is 11.3. The molecule has 3 aromatic carbocycles. The van der Waals surface area contributed by atoms with Crippen LogP contribution in [0, 0.1) is 6.92 Å². The first kappa shape index (κ1) is 24.9. The summed E-state index contributed by atoms with van der Waals surface area (Å²) >= 11 is 11.8. The van der Waals surface area contributed by atoms with Gasteiger partial charge in [0.2, 0.25) is 0 Å². The SMILES string of the molecule is Cc1cccc(C(C)C)c1NC(=O)COc1ccc(S(=O)(=O)Nc2ccc(Cl)c(Cl)c2)cc1. The van der Waals surface area contributed by atoms with Gasteiger partial charge in [0.05, 0.1) is 20.6 Å². The summed E-state index contributed by atoms with van der Waals surface area (Å²) in [6.07, 6.45) is 0. The number of anilines is 2. The molecule has 0 fully saturated rings. The summed E-state index contributed by atoms with van der Waals surface area (Å²) in [6, 6.07) is 16.1. The van der Waals surface area contributed by atoms with Gasteiger partial charge in [0.1, 0.15) is 5.75 Å². The van der Waals surface area contributed by atoms with Crippen LogP contribution in [0.15, 0.2) is 65.6 Å². The molecule has 6 nitrogen and oxygen atoms in total. The summed E-state index contributed by atoms with van der Waals surface area (Å²) in [4.78, 5) is 12.5. The average Bonchev–Trinajstić information content (AvgIpc) is 2.76. The molecule has 1 amide bonds. The number of carbonyl (C=O) groups excluding carboxylic acids is 1. The summed E-state index contributed by atoms with van der Waals surface area (Å²) in [5.74, 6) is 0.324. The lowest BCUT2D eigenvalue weighted by Gasteiger charge is -2.16. The second-order valence-electron chi connectivity index (χ2n) is 7.74. The molecular formula is C24H24Cl2N2O4S. The van der Waals surface area contributed by atoms with Gasteiger partial charge in [-0.15, -0.1) is 0 Å². The highest BCUT2D eigenvalue weighted by Gasteiger charge is 2.16. The van der Waals surface area contributed by atoms with E-state index in [9.17, 15) is 13.2 Å². The van der Waals surface area contributed by atoms with E-state index in [0.29, 0.717) is 16.5 Å². The smallest absolute Gasteiger partial charge is 0.262 e. The molecule has 2 N–H and O–H groups in total. The zero-order valence-corrected chi connectivity index (χ0v) is 20.7. The topological polar surface area (TPSA) is 84.5 Å². The number of hydrogen-bond donors (Lipinski definition) is 2. The second kappa shape index (κ2) is 10.5. The molecule has 0 heterocycles. The van der Waals surface area contributed by atoms with Crippen molar-refractivity contribution in [3.8, 4) is 5.75 Å². The Balaban J connectivity index is 1.63. The quantitative estimate of drug-likeness (QED) is 0.378. The van der Waals surface area contributed by atoms with Crippen LogP contribution < -0.4 is 14.8 Å². The van der Waals surface area contributed by atoms with Crippen molar-refractivity contribution in [2.45, 2.75) is 31.6 Å². The minimum atomic E-state index is -3.84. The molecule has 33 heavy (non-hydrogen) atoms. The minimum Gasteiger partial charge on any atom is -0.484 e. The van der Waals surface area contributed by atoms with Crippen LogP contribution in [0.1, 0.15) is 30.9 Å². The standard InChI is InChI=1S/C24H24Cl2N2O4S/c1-15(2)20-6-4-5-16(3)24(20)27-23(29)14-32-18-8-10-19(11-9-18)33(30,31)28-17-7-12-21(25)22(26)13-17/h4-13,15,28H,14H2,1-3H3,(H,27,29). The molecule has 174 valence electrons. The van der Waals surface area contributed by atoms with Crippen LogP contribution in [0.2, 0.25) is 10.0 Å². The van der Waals surface area contributed by atoms with E-state index in [0.717, 1.165) is 16.8 Å². The van der Waals surface area contributed by atoms with Gasteiger partial charge in [0.25, 0.3) is 15.9 Å². The van der Waals surface area contributed by atoms with Crippen molar-refractivity contribution in [3.63, 3.8) is 0 Å². The number of amides is 1. The summed E-state index contributed by atoms with van der Waals surface area (Å²) in [5.41, 5.74) is 3.10. The van der Waals surface area contributed by atoms with E-state index in [1.54, 1.807) is 0 Å². The number of nitrogens with one attached hydrogen (secondary N) is 2. The Labute approximate surface area is 203 Å². The third-order valence-corrected chi connectivity index (χ3v) is 7.00. The lowest BCUT2D eigenvalue weighted by molar-refractivity contribution is -0.118. The Bertz CT molecular complexity index is 1260. The van der Waals surface area contributed by atoms with Gasteiger partial charge in [0.15, 0.2) is 6.61 Å². The zero-order valence-electron chi connectivity index (χ0n) is 18.4. The van der Waals surface area contributed by atoms with E-state index >= 15 is 0 Å². The number of benzene rings is 3. The number of rotatable bonds is 8. The van der Waals surface area contributed by atoms with E-state index in [1.807, 2.05) is 25.1 Å². The Morgan fingerprint density at radius 3 is 2.33 bits per heavy atom. The second-order valence-corrected chi connectivity index (χ2v) is 10.2. The van der Waals surface area contributed by atoms with Gasteiger partial charge in [-0.1, -0.05) is 55.2 Å². The lowest BCUT2D eigenvalue weighted by Crippen LogP contribution is -2.21. The van der Waals surface area contributed by atoms with Crippen LogP contribution >= 0.6 is 23.2 Å². The number of aryl methyl sites for hydroxylation is 1. The van der Waals surface area contributed by atoms with Gasteiger partial charge in [-0.3, -0.25) is 9.52 Å². The molecular weight excluding hydrogens is 483 g/mol. The van der Waals surface area contributed by atoms with Crippen molar-refractivity contribution in [1.29, 1.82) is 0 Å².